The van der Waals surface area contributed by atoms with Crippen molar-refractivity contribution in [2.75, 3.05) is 23.9 Å². The molecule has 0 fully saturated rings. The van der Waals surface area contributed by atoms with Crippen LogP contribution in [0.1, 0.15) is 54.0 Å². The number of Topliss-reactive ketones (excluding diaryl/α,β-unsaturated/α-hetero) is 2. The molecule has 0 amide bonds. The van der Waals surface area contributed by atoms with E-state index in [9.17, 15) is 9.59 Å². The van der Waals surface area contributed by atoms with Crippen molar-refractivity contribution in [3.05, 3.63) is 23.6 Å². The third-order valence-corrected chi connectivity index (χ3v) is 15.2. The minimum atomic E-state index is -2.72. The van der Waals surface area contributed by atoms with Gasteiger partial charge < -0.3 is 0 Å². The van der Waals surface area contributed by atoms with Gasteiger partial charge in [0, 0.05) is 0 Å². The number of aromatic nitrogens is 4. The van der Waals surface area contributed by atoms with Crippen LogP contribution in [0.25, 0.3) is 11.2 Å². The zero-order valence-corrected chi connectivity index (χ0v) is 25.7. The number of hydrogen-bond acceptors (Lipinski definition) is 8. The number of hydrogen-bond donors (Lipinski definition) is 3. The predicted octanol–water partition coefficient (Wildman–Crippen LogP) is 5.14. The second-order valence-electron chi connectivity index (χ2n) is 12.1. The van der Waals surface area contributed by atoms with E-state index in [0.717, 1.165) is 6.42 Å². The van der Waals surface area contributed by atoms with Gasteiger partial charge >= 0.3 is 231 Å². The Hall–Kier alpha value is -1.15. The number of fused-ring (bicyclic) bond motifs is 1. The fraction of sp³-hybridized carbons (Fsp3) is 0.640. The van der Waals surface area contributed by atoms with Gasteiger partial charge in [-0.3, -0.25) is 0 Å². The number of anilines is 1. The van der Waals surface area contributed by atoms with Gasteiger partial charge in [0.25, 0.3) is 0 Å². The Balaban J connectivity index is 2.10. The van der Waals surface area contributed by atoms with Crippen molar-refractivity contribution in [1.29, 1.82) is 0 Å². The Morgan fingerprint density at radius 2 is 1.61 bits per heavy atom. The first-order valence-electron chi connectivity index (χ1n) is 12.2. The van der Waals surface area contributed by atoms with Gasteiger partial charge in [0.2, 0.25) is 0 Å². The van der Waals surface area contributed by atoms with Crippen molar-refractivity contribution in [3.63, 3.8) is 0 Å². The van der Waals surface area contributed by atoms with Crippen LogP contribution in [0, 0.1) is 10.8 Å². The molecule has 3 rings (SSSR count). The van der Waals surface area contributed by atoms with Gasteiger partial charge in [0.15, 0.2) is 0 Å². The van der Waals surface area contributed by atoms with Crippen LogP contribution >= 0.6 is 44.1 Å². The molecule has 1 aliphatic rings. The Morgan fingerprint density at radius 3 is 2.08 bits per heavy atom. The van der Waals surface area contributed by atoms with Crippen molar-refractivity contribution >= 4 is 72.8 Å². The van der Waals surface area contributed by atoms with Crippen molar-refractivity contribution in [2.24, 2.45) is 10.8 Å². The Morgan fingerprint density at radius 1 is 1.08 bits per heavy atom. The molecule has 4 atom stereocenters. The average molecular weight is 572 g/mol. The molecular weight excluding hydrogens is 533 g/mol. The summed E-state index contributed by atoms with van der Waals surface area (Å²) < 4.78 is 1.95. The summed E-state index contributed by atoms with van der Waals surface area (Å²) in [6.07, 6.45) is 6.73. The molecule has 2 aromatic rings. The number of halogens is 1. The second-order valence-corrected chi connectivity index (χ2v) is 18.0. The number of carbonyl (C=O) groups excluding carboxylic acids is 2. The van der Waals surface area contributed by atoms with Crippen LogP contribution in [0.3, 0.4) is 0 Å². The third-order valence-electron chi connectivity index (χ3n) is 7.59. The van der Waals surface area contributed by atoms with E-state index in [1.54, 1.807) is 6.33 Å². The molecule has 0 unspecified atom stereocenters. The summed E-state index contributed by atoms with van der Waals surface area (Å²) in [5.74, 6) is 1.23. The number of imidazole rings is 1. The van der Waals surface area contributed by atoms with Crippen molar-refractivity contribution in [3.8, 4) is 0 Å². The molecule has 1 aliphatic carbocycles. The fourth-order valence-electron chi connectivity index (χ4n) is 5.42. The van der Waals surface area contributed by atoms with Gasteiger partial charge in [-0.25, -0.2) is 0 Å². The summed E-state index contributed by atoms with van der Waals surface area (Å²) in [4.78, 5) is 40.4. The molecule has 0 aromatic carbocycles. The number of allylic oxidation sites excluding steroid dienone is 2. The fourth-order valence-corrected chi connectivity index (χ4v) is 13.9. The summed E-state index contributed by atoms with van der Waals surface area (Å²) in [7, 11) is -2.72. The van der Waals surface area contributed by atoms with E-state index in [1.165, 1.54) is 0 Å². The molecule has 0 spiro atoms. The quantitative estimate of drug-likeness (QED) is 0.175. The van der Waals surface area contributed by atoms with E-state index in [1.807, 2.05) is 46.1 Å². The van der Waals surface area contributed by atoms with E-state index in [-0.39, 0.29) is 45.7 Å². The van der Waals surface area contributed by atoms with Gasteiger partial charge in [0.1, 0.15) is 0 Å². The molecule has 2 N–H and O–H groups in total. The SMILES string of the molecule is CC(C)(C)C(=O)[C@@H](CS)[PH](C)([C@@H]1C=C[C@H](n2cnc3c(Cl)nc(N)nc32)C1)[C@H](CS)C(=O)C(C)(C)C. The van der Waals surface area contributed by atoms with Gasteiger partial charge in [-0.05, 0) is 0 Å². The monoisotopic (exact) mass is 571 g/mol. The third kappa shape index (κ3) is 5.36. The molecule has 2 heterocycles. The van der Waals surface area contributed by atoms with Crippen LogP contribution in [0.2, 0.25) is 5.15 Å². The van der Waals surface area contributed by atoms with Crippen LogP contribution in [0.15, 0.2) is 18.5 Å². The topological polar surface area (TPSA) is 104 Å². The summed E-state index contributed by atoms with van der Waals surface area (Å²) in [5, 5.41) is 0.214. The van der Waals surface area contributed by atoms with Gasteiger partial charge in [0.05, 0.1) is 0 Å². The van der Waals surface area contributed by atoms with E-state index in [0.29, 0.717) is 22.7 Å². The number of thiol groups is 2. The molecule has 200 valence electrons. The maximum atomic E-state index is 13.8. The Labute approximate surface area is 230 Å². The first-order valence-corrected chi connectivity index (χ1v) is 16.6. The molecule has 7 nitrogen and oxygen atoms in total. The Kier molecular flexibility index (Phi) is 8.62. The summed E-state index contributed by atoms with van der Waals surface area (Å²) in [6.45, 7) is 13.9. The van der Waals surface area contributed by atoms with E-state index >= 15 is 0 Å². The zero-order chi connectivity index (χ0) is 27.2. The summed E-state index contributed by atoms with van der Waals surface area (Å²) in [6, 6.07) is -0.0622. The number of rotatable bonds is 8. The summed E-state index contributed by atoms with van der Waals surface area (Å²) >= 11 is 15.6. The van der Waals surface area contributed by atoms with Gasteiger partial charge in [-0.15, -0.1) is 0 Å². The second kappa shape index (κ2) is 10.5. The molecule has 36 heavy (non-hydrogen) atoms. The first kappa shape index (κ1) is 29.4. The van der Waals surface area contributed by atoms with Crippen LogP contribution in [-0.4, -0.2) is 66.2 Å². The molecule has 0 saturated carbocycles. The molecule has 0 aliphatic heterocycles. The van der Waals surface area contributed by atoms with Crippen LogP contribution in [-0.2, 0) is 9.59 Å². The zero-order valence-electron chi connectivity index (χ0n) is 22.1. The number of ketones is 2. The van der Waals surface area contributed by atoms with E-state index < -0.39 is 18.1 Å². The Bertz CT molecular complexity index is 1150. The number of nitrogens with zero attached hydrogens (tertiary/aromatic N) is 4. The minimum absolute atomic E-state index is 0.0570. The number of carbonyl (C=O) groups is 2. The molecule has 0 bridgehead atoms. The van der Waals surface area contributed by atoms with Crippen molar-refractivity contribution < 1.29 is 9.59 Å². The van der Waals surface area contributed by atoms with Crippen molar-refractivity contribution in [1.82, 2.24) is 19.5 Å². The first-order chi connectivity index (χ1) is 16.6. The number of nitrogens with two attached hydrogens (primary N) is 1. The van der Waals surface area contributed by atoms with Crippen LogP contribution in [0.5, 0.6) is 0 Å². The van der Waals surface area contributed by atoms with E-state index in [2.05, 4.69) is 33.8 Å². The van der Waals surface area contributed by atoms with Gasteiger partial charge in [-0.2, -0.15) is 0 Å². The number of nitrogen functional groups attached to an aromatic ring is 1. The van der Waals surface area contributed by atoms with Crippen LogP contribution < -0.4 is 5.73 Å². The van der Waals surface area contributed by atoms with Crippen LogP contribution in [0.4, 0.5) is 5.95 Å². The molecule has 0 radical (unpaired) electrons. The molecule has 2 aromatic heterocycles. The van der Waals surface area contributed by atoms with Gasteiger partial charge in [-0.1, -0.05) is 0 Å². The maximum absolute atomic E-state index is 13.8. The summed E-state index contributed by atoms with van der Waals surface area (Å²) in [5.41, 5.74) is 5.30. The molecular formula is C25H39ClN5O2PS2. The normalized spacial score (nSPS) is 21.1. The van der Waals surface area contributed by atoms with Crippen molar-refractivity contribution in [2.45, 2.75) is 71.0 Å². The molecule has 11 heteroatoms. The predicted molar refractivity (Wildman–Crippen MR) is 160 cm³/mol. The van der Waals surface area contributed by atoms with E-state index in [4.69, 9.17) is 42.6 Å². The standard InChI is InChI=1S/C25H39ClN5O2PS2/c1-24(2,3)19(32)16(11-35)34(7,17(12-36)20(33)25(4,5)6)15-9-8-14(10-15)31-13-28-18-21(26)29-23(27)30-22(18)31/h8-9,13-17,34-36H,10-12H2,1-7H3,(H2,27,29,30)/t14-,15+,16+,17+/m0/s1. The molecule has 0 saturated heterocycles. The average Bonchev–Trinajstić information content (AvgIpc) is 3.40.